The summed E-state index contributed by atoms with van der Waals surface area (Å²) in [6.45, 7) is 4.35. The van der Waals surface area contributed by atoms with Gasteiger partial charge in [-0.3, -0.25) is 4.79 Å². The maximum absolute atomic E-state index is 11.8. The molecule has 0 atom stereocenters. The first kappa shape index (κ1) is 18.6. The molecule has 27 heavy (non-hydrogen) atoms. The molecular formula is C22H23NO4. The van der Waals surface area contributed by atoms with Crippen molar-refractivity contribution in [1.29, 1.82) is 0 Å². The van der Waals surface area contributed by atoms with Gasteiger partial charge in [-0.1, -0.05) is 12.1 Å². The van der Waals surface area contributed by atoms with E-state index < -0.39 is 0 Å². The number of furan rings is 1. The highest BCUT2D eigenvalue weighted by atomic mass is 16.5. The number of allylic oxidation sites excluding steroid dienone is 1. The molecule has 0 aliphatic heterocycles. The van der Waals surface area contributed by atoms with E-state index in [4.69, 9.17) is 13.9 Å². The van der Waals surface area contributed by atoms with Crippen LogP contribution in [0.1, 0.15) is 19.4 Å². The Bertz CT molecular complexity index is 983. The largest absolute Gasteiger partial charge is 0.497 e. The van der Waals surface area contributed by atoms with Crippen molar-refractivity contribution in [3.63, 3.8) is 0 Å². The molecule has 0 saturated carbocycles. The number of amides is 1. The van der Waals surface area contributed by atoms with Gasteiger partial charge in [0.2, 0.25) is 5.91 Å². The van der Waals surface area contributed by atoms with Crippen molar-refractivity contribution in [2.45, 2.75) is 13.8 Å². The van der Waals surface area contributed by atoms with Crippen molar-refractivity contribution < 1.29 is 18.7 Å². The first-order chi connectivity index (χ1) is 13.1. The monoisotopic (exact) mass is 365 g/mol. The lowest BCUT2D eigenvalue weighted by atomic mass is 9.99. The van der Waals surface area contributed by atoms with Crippen molar-refractivity contribution in [1.82, 2.24) is 5.32 Å². The van der Waals surface area contributed by atoms with Crippen molar-refractivity contribution in [3.8, 4) is 22.6 Å². The highest BCUT2D eigenvalue weighted by molar-refractivity contribution is 6.00. The fourth-order valence-electron chi connectivity index (χ4n) is 2.98. The van der Waals surface area contributed by atoms with Crippen LogP contribution in [0.5, 0.6) is 11.5 Å². The second-order valence-electron chi connectivity index (χ2n) is 6.10. The number of hydrogen-bond donors (Lipinski definition) is 1. The van der Waals surface area contributed by atoms with Gasteiger partial charge in [-0.25, -0.2) is 0 Å². The van der Waals surface area contributed by atoms with Gasteiger partial charge in [0.25, 0.3) is 0 Å². The summed E-state index contributed by atoms with van der Waals surface area (Å²) in [5.74, 6) is 1.34. The summed E-state index contributed by atoms with van der Waals surface area (Å²) in [5, 5.41) is 3.57. The normalized spacial score (nSPS) is 11.5. The van der Waals surface area contributed by atoms with Gasteiger partial charge >= 0.3 is 0 Å². The van der Waals surface area contributed by atoms with Gasteiger partial charge in [-0.2, -0.15) is 0 Å². The number of hydrogen-bond acceptors (Lipinski definition) is 4. The van der Waals surface area contributed by atoms with E-state index in [0.29, 0.717) is 12.4 Å². The van der Waals surface area contributed by atoms with E-state index in [9.17, 15) is 4.79 Å². The molecule has 3 rings (SSSR count). The van der Waals surface area contributed by atoms with Crippen molar-refractivity contribution >= 4 is 22.4 Å². The summed E-state index contributed by atoms with van der Waals surface area (Å²) in [5.41, 5.74) is 4.42. The molecule has 0 aliphatic rings. The fraction of sp³-hybridized carbons (Fsp3) is 0.227. The Morgan fingerprint density at radius 3 is 2.59 bits per heavy atom. The lowest BCUT2D eigenvalue weighted by Crippen LogP contribution is -2.14. The van der Waals surface area contributed by atoms with Gasteiger partial charge in [0.05, 0.1) is 20.0 Å². The average Bonchev–Trinajstić information content (AvgIpc) is 3.10. The van der Waals surface area contributed by atoms with E-state index in [2.05, 4.69) is 5.32 Å². The molecule has 1 heterocycles. The zero-order valence-corrected chi connectivity index (χ0v) is 16.0. The third-order valence-electron chi connectivity index (χ3n) is 4.40. The second-order valence-corrected chi connectivity index (χ2v) is 6.10. The number of fused-ring (bicyclic) bond motifs is 1. The van der Waals surface area contributed by atoms with Gasteiger partial charge in [0.15, 0.2) is 0 Å². The lowest BCUT2D eigenvalue weighted by molar-refractivity contribution is -0.116. The van der Waals surface area contributed by atoms with E-state index in [1.165, 1.54) is 0 Å². The van der Waals surface area contributed by atoms with Crippen LogP contribution in [0.15, 0.2) is 53.2 Å². The van der Waals surface area contributed by atoms with Gasteiger partial charge in [0, 0.05) is 35.7 Å². The number of carbonyl (C=O) groups excluding carboxylic acids is 1. The van der Waals surface area contributed by atoms with Gasteiger partial charge in [-0.05, 0) is 43.2 Å². The molecule has 5 nitrogen and oxygen atoms in total. The molecule has 1 N–H and O–H groups in total. The topological polar surface area (TPSA) is 60.7 Å². The third kappa shape index (κ3) is 3.82. The zero-order chi connectivity index (χ0) is 19.4. The number of nitrogens with one attached hydrogen (secondary N) is 1. The third-order valence-corrected chi connectivity index (χ3v) is 4.40. The maximum atomic E-state index is 11.8. The van der Waals surface area contributed by atoms with Crippen LogP contribution in [-0.4, -0.2) is 26.7 Å². The number of methoxy groups -OCH3 is 1. The minimum Gasteiger partial charge on any atom is -0.497 e. The molecule has 0 fully saturated rings. The standard InChI is InChI=1S/C22H23NO4/c1-5-26-20-12-21-18(11-17(20)14(2)10-22(24)23-3)19(13-27-21)15-6-8-16(25-4)9-7-15/h6-13H,5H2,1-4H3,(H,23,24)/b14-10+. The van der Waals surface area contributed by atoms with Crippen LogP contribution in [0.3, 0.4) is 0 Å². The van der Waals surface area contributed by atoms with E-state index in [1.807, 2.05) is 50.2 Å². The molecule has 0 saturated heterocycles. The van der Waals surface area contributed by atoms with Crippen molar-refractivity contribution in [2.75, 3.05) is 20.8 Å². The van der Waals surface area contributed by atoms with E-state index in [-0.39, 0.29) is 5.91 Å². The van der Waals surface area contributed by atoms with Crippen LogP contribution in [0.2, 0.25) is 0 Å². The Kier molecular flexibility index (Phi) is 5.50. The lowest BCUT2D eigenvalue weighted by Gasteiger charge is -2.11. The van der Waals surface area contributed by atoms with Crippen molar-refractivity contribution in [3.05, 3.63) is 54.3 Å². The second kappa shape index (κ2) is 7.99. The molecular weight excluding hydrogens is 342 g/mol. The fourth-order valence-corrected chi connectivity index (χ4v) is 2.98. The van der Waals surface area contributed by atoms with Crippen molar-refractivity contribution in [2.24, 2.45) is 0 Å². The average molecular weight is 365 g/mol. The molecule has 0 bridgehead atoms. The number of rotatable bonds is 6. The molecule has 1 aromatic heterocycles. The minimum absolute atomic E-state index is 0.155. The van der Waals surface area contributed by atoms with Gasteiger partial charge in [-0.15, -0.1) is 0 Å². The van der Waals surface area contributed by atoms with Gasteiger partial charge < -0.3 is 19.2 Å². The predicted octanol–water partition coefficient (Wildman–Crippen LogP) is 4.66. The van der Waals surface area contributed by atoms with E-state index >= 15 is 0 Å². The summed E-state index contributed by atoms with van der Waals surface area (Å²) in [6, 6.07) is 11.7. The maximum Gasteiger partial charge on any atom is 0.244 e. The first-order valence-electron chi connectivity index (χ1n) is 8.80. The van der Waals surface area contributed by atoms with Gasteiger partial charge in [0.1, 0.15) is 17.1 Å². The summed E-state index contributed by atoms with van der Waals surface area (Å²) in [7, 11) is 3.25. The number of likely N-dealkylation sites (N-methyl/N-ethyl adjacent to an activating group) is 1. The Morgan fingerprint density at radius 2 is 1.96 bits per heavy atom. The highest BCUT2D eigenvalue weighted by Crippen LogP contribution is 2.37. The molecule has 5 heteroatoms. The van der Waals surface area contributed by atoms with Crippen LogP contribution >= 0.6 is 0 Å². The summed E-state index contributed by atoms with van der Waals surface area (Å²) >= 11 is 0. The van der Waals surface area contributed by atoms with Crippen LogP contribution in [0.4, 0.5) is 0 Å². The van der Waals surface area contributed by atoms with Crippen LogP contribution in [0, 0.1) is 0 Å². The van der Waals surface area contributed by atoms with Crippen LogP contribution in [0.25, 0.3) is 27.7 Å². The zero-order valence-electron chi connectivity index (χ0n) is 16.0. The number of carbonyl (C=O) groups is 1. The summed E-state index contributed by atoms with van der Waals surface area (Å²) < 4.78 is 16.8. The summed E-state index contributed by atoms with van der Waals surface area (Å²) in [4.78, 5) is 11.8. The Balaban J connectivity index is 2.14. The molecule has 0 spiro atoms. The highest BCUT2D eigenvalue weighted by Gasteiger charge is 2.15. The smallest absolute Gasteiger partial charge is 0.244 e. The number of benzene rings is 2. The van der Waals surface area contributed by atoms with E-state index in [1.54, 1.807) is 26.5 Å². The van der Waals surface area contributed by atoms with Crippen LogP contribution < -0.4 is 14.8 Å². The molecule has 2 aromatic carbocycles. The minimum atomic E-state index is -0.155. The first-order valence-corrected chi connectivity index (χ1v) is 8.80. The Hall–Kier alpha value is -3.21. The summed E-state index contributed by atoms with van der Waals surface area (Å²) in [6.07, 6.45) is 3.31. The molecule has 1 amide bonds. The van der Waals surface area contributed by atoms with Crippen LogP contribution in [-0.2, 0) is 4.79 Å². The molecule has 0 radical (unpaired) electrons. The Morgan fingerprint density at radius 1 is 1.22 bits per heavy atom. The molecule has 140 valence electrons. The predicted molar refractivity (Wildman–Crippen MR) is 107 cm³/mol. The molecule has 0 unspecified atom stereocenters. The molecule has 3 aromatic rings. The SMILES string of the molecule is CCOc1cc2occ(-c3ccc(OC)cc3)c2cc1/C(C)=C/C(=O)NC. The number of ether oxygens (including phenoxy) is 2. The molecule has 0 aliphatic carbocycles. The Labute approximate surface area is 158 Å². The van der Waals surface area contributed by atoms with E-state index in [0.717, 1.165) is 39.0 Å². The quantitative estimate of drug-likeness (QED) is 0.646.